The van der Waals surface area contributed by atoms with E-state index in [2.05, 4.69) is 19.9 Å². The average Bonchev–Trinajstić information content (AvgIpc) is 3.19. The molecule has 0 bridgehead atoms. The Kier molecular flexibility index (Phi) is 4.97. The smallest absolute Gasteiger partial charge is 0.274 e. The van der Waals surface area contributed by atoms with Crippen molar-refractivity contribution < 1.29 is 9.53 Å². The molecule has 2 aromatic heterocycles. The molecule has 4 rings (SSSR count). The monoisotopic (exact) mass is 375 g/mol. The zero-order valence-electron chi connectivity index (χ0n) is 15.9. The molecule has 1 aliphatic rings. The van der Waals surface area contributed by atoms with E-state index in [0.717, 1.165) is 29.8 Å². The maximum atomic E-state index is 12.9. The van der Waals surface area contributed by atoms with Crippen molar-refractivity contribution >= 4 is 5.91 Å². The predicted octanol–water partition coefficient (Wildman–Crippen LogP) is 3.65. The lowest BCUT2D eigenvalue weighted by Gasteiger charge is -2.23. The first-order valence-corrected chi connectivity index (χ1v) is 9.28. The topological polar surface area (TPSA) is 81.1 Å². The van der Waals surface area contributed by atoms with E-state index in [0.29, 0.717) is 23.9 Å². The van der Waals surface area contributed by atoms with Crippen LogP contribution in [0.5, 0.6) is 11.6 Å². The van der Waals surface area contributed by atoms with Crippen LogP contribution in [0.4, 0.5) is 0 Å². The Morgan fingerprint density at radius 2 is 2.04 bits per heavy atom. The first-order chi connectivity index (χ1) is 13.6. The summed E-state index contributed by atoms with van der Waals surface area (Å²) in [6.07, 6.45) is 6.26. The van der Waals surface area contributed by atoms with Crippen LogP contribution < -0.4 is 4.74 Å². The number of ether oxygens (including phenoxy) is 1. The molecule has 1 aliphatic heterocycles. The lowest BCUT2D eigenvalue weighted by atomic mass is 10.2. The van der Waals surface area contributed by atoms with E-state index in [4.69, 9.17) is 4.74 Å². The summed E-state index contributed by atoms with van der Waals surface area (Å²) in [6, 6.07) is 9.39. The highest BCUT2D eigenvalue weighted by molar-refractivity contribution is 5.92. The fraction of sp³-hybridized carbons (Fsp3) is 0.286. The summed E-state index contributed by atoms with van der Waals surface area (Å²) in [5.41, 5.74) is 2.16. The van der Waals surface area contributed by atoms with Gasteiger partial charge in [0.2, 0.25) is 5.88 Å². The molecular formula is C21H21N5O2. The van der Waals surface area contributed by atoms with E-state index in [-0.39, 0.29) is 11.9 Å². The molecular weight excluding hydrogens is 354 g/mol. The number of carbonyl (C=O) groups is 1. The Balaban J connectivity index is 1.62. The molecule has 3 heterocycles. The summed E-state index contributed by atoms with van der Waals surface area (Å²) in [7, 11) is 0. The number of likely N-dealkylation sites (tertiary alicyclic amines) is 1. The fourth-order valence-corrected chi connectivity index (χ4v) is 3.38. The van der Waals surface area contributed by atoms with Gasteiger partial charge in [0.1, 0.15) is 11.4 Å². The van der Waals surface area contributed by atoms with Crippen LogP contribution in [0.1, 0.15) is 46.5 Å². The van der Waals surface area contributed by atoms with Gasteiger partial charge in [0.25, 0.3) is 5.91 Å². The predicted molar refractivity (Wildman–Crippen MR) is 103 cm³/mol. The molecule has 1 saturated heterocycles. The number of aryl methyl sites for hydroxylation is 2. The number of aromatic nitrogens is 4. The van der Waals surface area contributed by atoms with Crippen molar-refractivity contribution in [2.45, 2.75) is 32.7 Å². The molecule has 1 atom stereocenters. The second-order valence-corrected chi connectivity index (χ2v) is 6.82. The Bertz CT molecular complexity index is 993. The minimum Gasteiger partial charge on any atom is -0.439 e. The zero-order valence-corrected chi connectivity index (χ0v) is 15.9. The maximum Gasteiger partial charge on any atom is 0.274 e. The van der Waals surface area contributed by atoms with Crippen LogP contribution in [-0.2, 0) is 0 Å². The van der Waals surface area contributed by atoms with Crippen molar-refractivity contribution in [1.29, 1.82) is 0 Å². The first-order valence-electron chi connectivity index (χ1n) is 9.28. The van der Waals surface area contributed by atoms with Crippen molar-refractivity contribution in [3.8, 4) is 11.6 Å². The largest absolute Gasteiger partial charge is 0.439 e. The Morgan fingerprint density at radius 1 is 1.18 bits per heavy atom. The first kappa shape index (κ1) is 18.0. The zero-order chi connectivity index (χ0) is 19.5. The van der Waals surface area contributed by atoms with Crippen LogP contribution in [0.15, 0.2) is 48.9 Å². The van der Waals surface area contributed by atoms with Gasteiger partial charge < -0.3 is 9.64 Å². The second kappa shape index (κ2) is 7.72. The van der Waals surface area contributed by atoms with Gasteiger partial charge in [-0.05, 0) is 38.3 Å². The Hall–Kier alpha value is -3.35. The molecule has 1 aromatic carbocycles. The number of rotatable bonds is 4. The van der Waals surface area contributed by atoms with Gasteiger partial charge in [-0.1, -0.05) is 18.2 Å². The molecule has 0 radical (unpaired) electrons. The van der Waals surface area contributed by atoms with Crippen molar-refractivity contribution in [3.05, 3.63) is 71.7 Å². The van der Waals surface area contributed by atoms with Crippen LogP contribution >= 0.6 is 0 Å². The number of para-hydroxylation sites is 1. The molecule has 0 saturated carbocycles. The molecule has 28 heavy (non-hydrogen) atoms. The summed E-state index contributed by atoms with van der Waals surface area (Å²) in [4.78, 5) is 32.0. The van der Waals surface area contributed by atoms with Gasteiger partial charge in [0.15, 0.2) is 5.82 Å². The SMILES string of the molecule is Cc1cc(Oc2ccccc2C)nc([C@H]2CCCN2C(=O)c2cnccn2)n1. The van der Waals surface area contributed by atoms with E-state index in [1.54, 1.807) is 17.2 Å². The number of amides is 1. The van der Waals surface area contributed by atoms with E-state index in [1.165, 1.54) is 12.4 Å². The number of benzene rings is 1. The van der Waals surface area contributed by atoms with Crippen LogP contribution in [0.3, 0.4) is 0 Å². The number of carbonyl (C=O) groups excluding carboxylic acids is 1. The van der Waals surface area contributed by atoms with Gasteiger partial charge >= 0.3 is 0 Å². The van der Waals surface area contributed by atoms with Crippen LogP contribution in [0.2, 0.25) is 0 Å². The lowest BCUT2D eigenvalue weighted by Crippen LogP contribution is -2.32. The molecule has 7 nitrogen and oxygen atoms in total. The van der Waals surface area contributed by atoms with Crippen LogP contribution in [0.25, 0.3) is 0 Å². The minimum absolute atomic E-state index is 0.151. The van der Waals surface area contributed by atoms with Gasteiger partial charge in [-0.15, -0.1) is 0 Å². The molecule has 7 heteroatoms. The van der Waals surface area contributed by atoms with Crippen molar-refractivity contribution in [3.63, 3.8) is 0 Å². The van der Waals surface area contributed by atoms with E-state index in [1.807, 2.05) is 38.1 Å². The van der Waals surface area contributed by atoms with E-state index < -0.39 is 0 Å². The summed E-state index contributed by atoms with van der Waals surface area (Å²) in [5.74, 6) is 1.68. The quantitative estimate of drug-likeness (QED) is 0.692. The normalized spacial score (nSPS) is 16.2. The highest BCUT2D eigenvalue weighted by Crippen LogP contribution is 2.33. The van der Waals surface area contributed by atoms with Gasteiger partial charge in [-0.2, -0.15) is 4.98 Å². The number of hydrogen-bond donors (Lipinski definition) is 0. The molecule has 1 amide bonds. The minimum atomic E-state index is -0.200. The molecule has 0 aliphatic carbocycles. The molecule has 0 unspecified atom stereocenters. The maximum absolute atomic E-state index is 12.9. The Labute approximate surface area is 163 Å². The van der Waals surface area contributed by atoms with Gasteiger partial charge in [-0.25, -0.2) is 9.97 Å². The third-order valence-corrected chi connectivity index (χ3v) is 4.75. The van der Waals surface area contributed by atoms with Gasteiger partial charge in [0.05, 0.1) is 12.2 Å². The highest BCUT2D eigenvalue weighted by atomic mass is 16.5. The van der Waals surface area contributed by atoms with E-state index >= 15 is 0 Å². The van der Waals surface area contributed by atoms with E-state index in [9.17, 15) is 4.79 Å². The molecule has 0 spiro atoms. The standard InChI is InChI=1S/C21H21N5O2/c1-14-6-3-4-8-18(14)28-19-12-15(2)24-20(25-19)17-7-5-11-26(17)21(27)16-13-22-9-10-23-16/h3-4,6,8-10,12-13,17H,5,7,11H2,1-2H3/t17-/m1/s1. The summed E-state index contributed by atoms with van der Waals surface area (Å²) < 4.78 is 5.99. The molecule has 142 valence electrons. The molecule has 3 aromatic rings. The summed E-state index contributed by atoms with van der Waals surface area (Å²) in [5, 5.41) is 0. The number of nitrogens with zero attached hydrogens (tertiary/aromatic N) is 5. The lowest BCUT2D eigenvalue weighted by molar-refractivity contribution is 0.0722. The van der Waals surface area contributed by atoms with Crippen LogP contribution in [-0.4, -0.2) is 37.3 Å². The van der Waals surface area contributed by atoms with Gasteiger partial charge in [-0.3, -0.25) is 9.78 Å². The third-order valence-electron chi connectivity index (χ3n) is 4.75. The van der Waals surface area contributed by atoms with Crippen molar-refractivity contribution in [1.82, 2.24) is 24.8 Å². The fourth-order valence-electron chi connectivity index (χ4n) is 3.38. The highest BCUT2D eigenvalue weighted by Gasteiger charge is 2.33. The number of hydrogen-bond acceptors (Lipinski definition) is 6. The molecule has 0 N–H and O–H groups in total. The van der Waals surface area contributed by atoms with Crippen LogP contribution in [0, 0.1) is 13.8 Å². The second-order valence-electron chi connectivity index (χ2n) is 6.82. The average molecular weight is 375 g/mol. The molecule has 1 fully saturated rings. The Morgan fingerprint density at radius 3 is 2.82 bits per heavy atom. The third kappa shape index (κ3) is 3.69. The summed E-state index contributed by atoms with van der Waals surface area (Å²) in [6.45, 7) is 4.54. The van der Waals surface area contributed by atoms with Crippen molar-refractivity contribution in [2.75, 3.05) is 6.54 Å². The summed E-state index contributed by atoms with van der Waals surface area (Å²) >= 11 is 0. The van der Waals surface area contributed by atoms with Gasteiger partial charge in [0, 0.05) is 30.7 Å². The van der Waals surface area contributed by atoms with Crippen molar-refractivity contribution in [2.24, 2.45) is 0 Å².